The first-order chi connectivity index (χ1) is 6.18. The lowest BCUT2D eigenvalue weighted by atomic mass is 10.1. The van der Waals surface area contributed by atoms with E-state index in [1.807, 2.05) is 21.0 Å². The fraction of sp³-hybridized carbons (Fsp3) is 0.727. The van der Waals surface area contributed by atoms with Gasteiger partial charge >= 0.3 is 0 Å². The molecule has 0 fully saturated rings. The molecule has 0 saturated heterocycles. The number of hydrogen-bond donors (Lipinski definition) is 0. The molecule has 0 aromatic carbocycles. The minimum atomic E-state index is 0.242. The maximum atomic E-state index is 11.1. The largest absolute Gasteiger partial charge is 0.349 e. The van der Waals surface area contributed by atoms with Gasteiger partial charge in [0.25, 0.3) is 0 Å². The number of carbonyl (C=O) groups excluding carboxylic acids is 1. The van der Waals surface area contributed by atoms with Crippen molar-refractivity contribution in [2.45, 2.75) is 39.0 Å². The average molecular weight is 183 g/mol. The van der Waals surface area contributed by atoms with Gasteiger partial charge in [0, 0.05) is 20.5 Å². The minimum Gasteiger partial charge on any atom is -0.349 e. The fourth-order valence-corrected chi connectivity index (χ4v) is 1.11. The van der Waals surface area contributed by atoms with Gasteiger partial charge in [-0.3, -0.25) is 4.79 Å². The van der Waals surface area contributed by atoms with E-state index in [0.717, 1.165) is 19.3 Å². The molecule has 0 saturated carbocycles. The third-order valence-corrected chi connectivity index (χ3v) is 2.00. The van der Waals surface area contributed by atoms with Gasteiger partial charge in [-0.15, -0.1) is 0 Å². The van der Waals surface area contributed by atoms with E-state index < -0.39 is 0 Å². The first kappa shape index (κ1) is 12.2. The molecule has 0 N–H and O–H groups in total. The minimum absolute atomic E-state index is 0.242. The summed E-state index contributed by atoms with van der Waals surface area (Å²) in [6.45, 7) is 2.04. The molecule has 0 aliphatic heterocycles. The summed E-state index contributed by atoms with van der Waals surface area (Å²) in [5.41, 5.74) is 0. The predicted molar refractivity (Wildman–Crippen MR) is 56.6 cm³/mol. The summed E-state index contributed by atoms with van der Waals surface area (Å²) in [6.07, 6.45) is 9.47. The molecule has 0 radical (unpaired) electrons. The van der Waals surface area contributed by atoms with Crippen LogP contribution in [0, 0.1) is 0 Å². The molecular formula is C11H21NO. The topological polar surface area (TPSA) is 20.3 Å². The van der Waals surface area contributed by atoms with Crippen LogP contribution in [-0.2, 0) is 4.79 Å². The van der Waals surface area contributed by atoms with E-state index in [0.29, 0.717) is 6.42 Å². The van der Waals surface area contributed by atoms with Gasteiger partial charge in [-0.2, -0.15) is 0 Å². The lowest BCUT2D eigenvalue weighted by molar-refractivity contribution is -0.128. The SMILES string of the molecule is C/C=C\CCCCCC(=O)N(C)C. The quantitative estimate of drug-likeness (QED) is 0.458. The van der Waals surface area contributed by atoms with Crippen LogP contribution in [0.25, 0.3) is 0 Å². The van der Waals surface area contributed by atoms with Crippen LogP contribution in [0.1, 0.15) is 39.0 Å². The van der Waals surface area contributed by atoms with Crippen molar-refractivity contribution in [1.82, 2.24) is 4.90 Å². The zero-order chi connectivity index (χ0) is 10.1. The Balaban J connectivity index is 3.21. The van der Waals surface area contributed by atoms with E-state index in [1.54, 1.807) is 4.90 Å². The third-order valence-electron chi connectivity index (χ3n) is 2.00. The van der Waals surface area contributed by atoms with E-state index in [1.165, 1.54) is 6.42 Å². The Morgan fingerprint density at radius 3 is 2.46 bits per heavy atom. The molecule has 76 valence electrons. The van der Waals surface area contributed by atoms with E-state index >= 15 is 0 Å². The molecule has 0 aliphatic rings. The lowest BCUT2D eigenvalue weighted by Gasteiger charge is -2.09. The Kier molecular flexibility index (Phi) is 7.36. The number of unbranched alkanes of at least 4 members (excludes halogenated alkanes) is 3. The summed E-state index contributed by atoms with van der Waals surface area (Å²) in [7, 11) is 3.62. The maximum absolute atomic E-state index is 11.1. The van der Waals surface area contributed by atoms with E-state index in [4.69, 9.17) is 0 Å². The molecule has 0 unspecified atom stereocenters. The Bertz CT molecular complexity index is 161. The molecule has 0 rings (SSSR count). The van der Waals surface area contributed by atoms with Gasteiger partial charge in [-0.05, 0) is 26.2 Å². The molecular weight excluding hydrogens is 162 g/mol. The van der Waals surface area contributed by atoms with E-state index in [-0.39, 0.29) is 5.91 Å². The van der Waals surface area contributed by atoms with Crippen LogP contribution in [0.2, 0.25) is 0 Å². The maximum Gasteiger partial charge on any atom is 0.222 e. The molecule has 13 heavy (non-hydrogen) atoms. The molecule has 0 spiro atoms. The molecule has 0 atom stereocenters. The highest BCUT2D eigenvalue weighted by Crippen LogP contribution is 2.04. The van der Waals surface area contributed by atoms with Crippen molar-refractivity contribution in [3.8, 4) is 0 Å². The Morgan fingerprint density at radius 2 is 1.92 bits per heavy atom. The van der Waals surface area contributed by atoms with Crippen LogP contribution >= 0.6 is 0 Å². The summed E-state index contributed by atoms with van der Waals surface area (Å²) in [5, 5.41) is 0. The molecule has 0 bridgehead atoms. The third kappa shape index (κ3) is 7.57. The van der Waals surface area contributed by atoms with Crippen molar-refractivity contribution in [1.29, 1.82) is 0 Å². The fourth-order valence-electron chi connectivity index (χ4n) is 1.11. The van der Waals surface area contributed by atoms with E-state index in [2.05, 4.69) is 12.2 Å². The standard InChI is InChI=1S/C11H21NO/c1-4-5-6-7-8-9-10-11(13)12(2)3/h4-5H,6-10H2,1-3H3/b5-4-. The summed E-state index contributed by atoms with van der Waals surface area (Å²) in [4.78, 5) is 12.8. The number of rotatable bonds is 6. The van der Waals surface area contributed by atoms with Crippen molar-refractivity contribution in [3.05, 3.63) is 12.2 Å². The summed E-state index contributed by atoms with van der Waals surface area (Å²) in [6, 6.07) is 0. The number of allylic oxidation sites excluding steroid dienone is 2. The molecule has 2 nitrogen and oxygen atoms in total. The van der Waals surface area contributed by atoms with Gasteiger partial charge in [0.2, 0.25) is 5.91 Å². The van der Waals surface area contributed by atoms with Gasteiger partial charge in [-0.1, -0.05) is 18.6 Å². The summed E-state index contributed by atoms with van der Waals surface area (Å²) < 4.78 is 0. The van der Waals surface area contributed by atoms with Crippen LogP contribution in [0.5, 0.6) is 0 Å². The molecule has 2 heteroatoms. The number of nitrogens with zero attached hydrogens (tertiary/aromatic N) is 1. The van der Waals surface area contributed by atoms with Crippen LogP contribution < -0.4 is 0 Å². The van der Waals surface area contributed by atoms with Crippen molar-refractivity contribution < 1.29 is 4.79 Å². The van der Waals surface area contributed by atoms with Crippen molar-refractivity contribution in [2.24, 2.45) is 0 Å². The highest BCUT2D eigenvalue weighted by Gasteiger charge is 2.01. The molecule has 0 aromatic heterocycles. The second kappa shape index (κ2) is 7.84. The van der Waals surface area contributed by atoms with Gasteiger partial charge in [-0.25, -0.2) is 0 Å². The number of amides is 1. The molecule has 1 amide bonds. The monoisotopic (exact) mass is 183 g/mol. The smallest absolute Gasteiger partial charge is 0.222 e. The van der Waals surface area contributed by atoms with Gasteiger partial charge in [0.15, 0.2) is 0 Å². The molecule has 0 aliphatic carbocycles. The average Bonchev–Trinajstić information content (AvgIpc) is 2.10. The summed E-state index contributed by atoms with van der Waals surface area (Å²) in [5.74, 6) is 0.242. The molecule has 0 heterocycles. The van der Waals surface area contributed by atoms with Crippen molar-refractivity contribution in [3.63, 3.8) is 0 Å². The Labute approximate surface area is 81.6 Å². The number of hydrogen-bond acceptors (Lipinski definition) is 1. The first-order valence-electron chi connectivity index (χ1n) is 4.99. The highest BCUT2D eigenvalue weighted by molar-refractivity contribution is 5.75. The second-order valence-corrected chi connectivity index (χ2v) is 3.46. The first-order valence-corrected chi connectivity index (χ1v) is 4.99. The van der Waals surface area contributed by atoms with Gasteiger partial charge in [0.1, 0.15) is 0 Å². The second-order valence-electron chi connectivity index (χ2n) is 3.46. The Hall–Kier alpha value is -0.790. The zero-order valence-corrected chi connectivity index (χ0v) is 9.05. The van der Waals surface area contributed by atoms with Crippen LogP contribution in [0.3, 0.4) is 0 Å². The molecule has 0 aromatic rings. The van der Waals surface area contributed by atoms with Crippen LogP contribution in [0.15, 0.2) is 12.2 Å². The van der Waals surface area contributed by atoms with Crippen molar-refractivity contribution in [2.75, 3.05) is 14.1 Å². The van der Waals surface area contributed by atoms with E-state index in [9.17, 15) is 4.79 Å². The normalized spacial score (nSPS) is 10.7. The summed E-state index contributed by atoms with van der Waals surface area (Å²) >= 11 is 0. The Morgan fingerprint density at radius 1 is 1.23 bits per heavy atom. The highest BCUT2D eigenvalue weighted by atomic mass is 16.2. The zero-order valence-electron chi connectivity index (χ0n) is 9.05. The predicted octanol–water partition coefficient (Wildman–Crippen LogP) is 2.60. The van der Waals surface area contributed by atoms with Crippen LogP contribution in [0.4, 0.5) is 0 Å². The van der Waals surface area contributed by atoms with Crippen LogP contribution in [-0.4, -0.2) is 24.9 Å². The van der Waals surface area contributed by atoms with Gasteiger partial charge in [0.05, 0.1) is 0 Å². The lowest BCUT2D eigenvalue weighted by Crippen LogP contribution is -2.20. The number of carbonyl (C=O) groups is 1. The van der Waals surface area contributed by atoms with Crippen molar-refractivity contribution >= 4 is 5.91 Å². The van der Waals surface area contributed by atoms with Gasteiger partial charge < -0.3 is 4.90 Å².